The third-order valence-electron chi connectivity index (χ3n) is 6.99. The van der Waals surface area contributed by atoms with Gasteiger partial charge in [0.05, 0.1) is 11.8 Å². The fraction of sp³-hybridized carbons (Fsp3) is 0.773. The van der Waals surface area contributed by atoms with E-state index in [1.165, 1.54) is 24.3 Å². The van der Waals surface area contributed by atoms with Crippen LogP contribution in [0.5, 0.6) is 0 Å². The highest BCUT2D eigenvalue weighted by Crippen LogP contribution is 2.52. The first-order valence-electron chi connectivity index (χ1n) is 11.3. The van der Waals surface area contributed by atoms with Crippen molar-refractivity contribution in [3.8, 4) is 0 Å². The van der Waals surface area contributed by atoms with Crippen LogP contribution in [-0.4, -0.2) is 73.9 Å². The lowest BCUT2D eigenvalue weighted by Gasteiger charge is -2.28. The number of fused-ring (bicyclic) bond motifs is 5. The average Bonchev–Trinajstić information content (AvgIpc) is 3.38. The van der Waals surface area contributed by atoms with Gasteiger partial charge in [0.25, 0.3) is 0 Å². The third kappa shape index (κ3) is 4.20. The number of rotatable bonds is 7. The summed E-state index contributed by atoms with van der Waals surface area (Å²) in [5.74, 6) is 1.96. The Hall–Kier alpha value is -1.89. The second-order valence-electron chi connectivity index (χ2n) is 9.10. The Bertz CT molecular complexity index is 661. The molecule has 4 aliphatic rings. The zero-order chi connectivity index (χ0) is 20.4. The number of imide groups is 1. The lowest BCUT2D eigenvalue weighted by molar-refractivity contribution is -0.140. The average molecular weight is 402 g/mol. The van der Waals surface area contributed by atoms with Gasteiger partial charge in [0.2, 0.25) is 11.8 Å². The number of nitrogens with one attached hydrogen (secondary N) is 2. The molecule has 0 aromatic heterocycles. The van der Waals surface area contributed by atoms with Crippen molar-refractivity contribution in [2.45, 2.75) is 32.6 Å². The Balaban J connectivity index is 1.23. The molecule has 3 fully saturated rings. The van der Waals surface area contributed by atoms with Crippen molar-refractivity contribution in [3.63, 3.8) is 0 Å². The first-order valence-corrected chi connectivity index (χ1v) is 11.3. The summed E-state index contributed by atoms with van der Waals surface area (Å²) in [6.07, 6.45) is 8.51. The van der Waals surface area contributed by atoms with Gasteiger partial charge in [-0.1, -0.05) is 12.2 Å². The number of guanidine groups is 1. The van der Waals surface area contributed by atoms with E-state index in [0.29, 0.717) is 19.0 Å². The van der Waals surface area contributed by atoms with Crippen LogP contribution in [0.15, 0.2) is 17.1 Å². The second-order valence-corrected chi connectivity index (χ2v) is 9.10. The van der Waals surface area contributed by atoms with Crippen LogP contribution in [0.1, 0.15) is 32.6 Å². The molecule has 2 saturated heterocycles. The van der Waals surface area contributed by atoms with E-state index in [2.05, 4.69) is 41.7 Å². The highest BCUT2D eigenvalue weighted by atomic mass is 16.2. The summed E-state index contributed by atoms with van der Waals surface area (Å²) >= 11 is 0. The first-order chi connectivity index (χ1) is 14.1. The topological polar surface area (TPSA) is 77.0 Å². The lowest BCUT2D eigenvalue weighted by Crippen LogP contribution is -2.40. The zero-order valence-electron chi connectivity index (χ0n) is 17.8. The van der Waals surface area contributed by atoms with Gasteiger partial charge < -0.3 is 15.5 Å². The number of hydrogen-bond acceptors (Lipinski definition) is 4. The van der Waals surface area contributed by atoms with Gasteiger partial charge in [-0.2, -0.15) is 0 Å². The van der Waals surface area contributed by atoms with Gasteiger partial charge in [-0.3, -0.25) is 19.5 Å². The van der Waals surface area contributed by atoms with Crippen molar-refractivity contribution < 1.29 is 9.59 Å². The molecule has 5 unspecified atom stereocenters. The number of hydrogen-bond donors (Lipinski definition) is 2. The molecule has 5 atom stereocenters. The van der Waals surface area contributed by atoms with Gasteiger partial charge in [-0.15, -0.1) is 0 Å². The van der Waals surface area contributed by atoms with Crippen LogP contribution in [0.25, 0.3) is 0 Å². The molecule has 7 nitrogen and oxygen atoms in total. The Morgan fingerprint density at radius 2 is 1.90 bits per heavy atom. The van der Waals surface area contributed by atoms with Crippen LogP contribution in [-0.2, 0) is 9.59 Å². The van der Waals surface area contributed by atoms with Crippen molar-refractivity contribution in [2.75, 3.05) is 46.3 Å². The quantitative estimate of drug-likeness (QED) is 0.219. The molecule has 2 aliphatic carbocycles. The second kappa shape index (κ2) is 8.86. The fourth-order valence-electron chi connectivity index (χ4n) is 5.61. The minimum absolute atomic E-state index is 0.0545. The molecule has 0 aromatic rings. The number of likely N-dealkylation sites (tertiary alicyclic amines) is 2. The molecule has 29 heavy (non-hydrogen) atoms. The van der Waals surface area contributed by atoms with Gasteiger partial charge in [0, 0.05) is 32.7 Å². The number of allylic oxidation sites excluding steroid dienone is 2. The molecule has 2 bridgehead atoms. The van der Waals surface area contributed by atoms with Crippen molar-refractivity contribution in [3.05, 3.63) is 12.2 Å². The van der Waals surface area contributed by atoms with E-state index in [-0.39, 0.29) is 35.5 Å². The minimum atomic E-state index is -0.0852. The van der Waals surface area contributed by atoms with Crippen molar-refractivity contribution >= 4 is 17.8 Å². The summed E-state index contributed by atoms with van der Waals surface area (Å²) in [6.45, 7) is 7.22. The summed E-state index contributed by atoms with van der Waals surface area (Å²) in [4.78, 5) is 34.1. The van der Waals surface area contributed by atoms with Gasteiger partial charge >= 0.3 is 0 Å². The van der Waals surface area contributed by atoms with Crippen LogP contribution in [0, 0.1) is 29.6 Å². The smallest absolute Gasteiger partial charge is 0.233 e. The van der Waals surface area contributed by atoms with E-state index in [1.54, 1.807) is 0 Å². The molecule has 160 valence electrons. The largest absolute Gasteiger partial charge is 0.357 e. The highest BCUT2D eigenvalue weighted by Gasteiger charge is 2.58. The highest BCUT2D eigenvalue weighted by molar-refractivity contribution is 6.06. The fourth-order valence-corrected chi connectivity index (χ4v) is 5.61. The van der Waals surface area contributed by atoms with E-state index in [1.807, 2.05) is 0 Å². The van der Waals surface area contributed by atoms with Crippen LogP contribution in [0.2, 0.25) is 0 Å². The summed E-state index contributed by atoms with van der Waals surface area (Å²) < 4.78 is 0. The number of aliphatic imine (C=N–C) groups is 1. The molecule has 2 N–H and O–H groups in total. The Labute approximate surface area is 174 Å². The molecule has 1 saturated carbocycles. The van der Waals surface area contributed by atoms with Crippen LogP contribution >= 0.6 is 0 Å². The Morgan fingerprint density at radius 1 is 1.17 bits per heavy atom. The maximum absolute atomic E-state index is 12.7. The Morgan fingerprint density at radius 3 is 2.55 bits per heavy atom. The Kier molecular flexibility index (Phi) is 6.23. The lowest BCUT2D eigenvalue weighted by atomic mass is 9.85. The van der Waals surface area contributed by atoms with Crippen molar-refractivity contribution in [1.82, 2.24) is 20.4 Å². The third-order valence-corrected chi connectivity index (χ3v) is 6.99. The normalized spacial score (nSPS) is 34.2. The summed E-state index contributed by atoms with van der Waals surface area (Å²) in [5, 5.41) is 6.67. The minimum Gasteiger partial charge on any atom is -0.357 e. The van der Waals surface area contributed by atoms with Gasteiger partial charge in [-0.25, -0.2) is 0 Å². The first kappa shape index (κ1) is 20.4. The monoisotopic (exact) mass is 401 g/mol. The molecule has 2 amide bonds. The summed E-state index contributed by atoms with van der Waals surface area (Å²) in [6, 6.07) is 0. The standard InChI is InChI=1S/C22H35N5O2/c1-3-23-22(25-13-15-6-4-10-26(2)14-15)24-9-5-11-27-20(28)18-16-7-8-17(12-16)19(18)21(27)29/h7-8,15-19H,3-6,9-14H2,1-2H3,(H2,23,24,25). The van der Waals surface area contributed by atoms with Crippen molar-refractivity contribution in [1.29, 1.82) is 0 Å². The zero-order valence-corrected chi connectivity index (χ0v) is 17.8. The van der Waals surface area contributed by atoms with Crippen LogP contribution in [0.3, 0.4) is 0 Å². The molecule has 2 heterocycles. The molecule has 4 rings (SSSR count). The number of amides is 2. The predicted octanol–water partition coefficient (Wildman–Crippen LogP) is 1.08. The van der Waals surface area contributed by atoms with E-state index in [4.69, 9.17) is 4.99 Å². The number of nitrogens with zero attached hydrogens (tertiary/aromatic N) is 3. The van der Waals surface area contributed by atoms with E-state index < -0.39 is 0 Å². The summed E-state index contributed by atoms with van der Waals surface area (Å²) in [7, 11) is 2.18. The van der Waals surface area contributed by atoms with E-state index in [0.717, 1.165) is 38.4 Å². The van der Waals surface area contributed by atoms with Gasteiger partial charge in [0.1, 0.15) is 0 Å². The van der Waals surface area contributed by atoms with E-state index in [9.17, 15) is 9.59 Å². The maximum Gasteiger partial charge on any atom is 0.233 e. The number of carbonyl (C=O) groups is 2. The molecular formula is C22H35N5O2. The molecule has 7 heteroatoms. The molecule has 2 aliphatic heterocycles. The van der Waals surface area contributed by atoms with Gasteiger partial charge in [-0.05, 0) is 64.0 Å². The van der Waals surface area contributed by atoms with E-state index >= 15 is 0 Å². The molecule has 0 aromatic carbocycles. The molecule has 0 radical (unpaired) electrons. The van der Waals surface area contributed by atoms with Crippen LogP contribution < -0.4 is 10.6 Å². The predicted molar refractivity (Wildman–Crippen MR) is 113 cm³/mol. The SMILES string of the molecule is CCNC(=NCC1CCCN(C)C1)NCCCN1C(=O)C2C3C=CC(C3)C2C1=O. The van der Waals surface area contributed by atoms with Crippen LogP contribution in [0.4, 0.5) is 0 Å². The number of carbonyl (C=O) groups excluding carboxylic acids is 2. The maximum atomic E-state index is 12.7. The molecule has 0 spiro atoms. The summed E-state index contributed by atoms with van der Waals surface area (Å²) in [5.41, 5.74) is 0. The van der Waals surface area contributed by atoms with Crippen molar-refractivity contribution in [2.24, 2.45) is 34.6 Å². The molecular weight excluding hydrogens is 366 g/mol. The number of piperidine rings is 1. The van der Waals surface area contributed by atoms with Gasteiger partial charge in [0.15, 0.2) is 5.96 Å².